The number of nitrogen functional groups attached to an aromatic ring is 1. The first-order chi connectivity index (χ1) is 10.2. The maximum absolute atomic E-state index is 12.6. The minimum Gasteiger partial charge on any atom is -0.382 e. The molecule has 0 fully saturated rings. The van der Waals surface area contributed by atoms with Crippen molar-refractivity contribution in [1.82, 2.24) is 9.88 Å². The lowest BCUT2D eigenvalue weighted by Crippen LogP contribution is -2.30. The Balaban J connectivity index is 2.16. The molecule has 21 heavy (non-hydrogen) atoms. The van der Waals surface area contributed by atoms with Crippen LogP contribution in [0.25, 0.3) is 0 Å². The molecule has 2 aromatic rings. The molecule has 1 aromatic heterocycles. The van der Waals surface area contributed by atoms with E-state index in [1.807, 2.05) is 44.2 Å². The van der Waals surface area contributed by atoms with Crippen LogP contribution in [0.2, 0.25) is 0 Å². The second kappa shape index (κ2) is 7.08. The van der Waals surface area contributed by atoms with Gasteiger partial charge in [0.1, 0.15) is 10.7 Å². The maximum Gasteiger partial charge on any atom is 0.268 e. The van der Waals surface area contributed by atoms with E-state index in [4.69, 9.17) is 5.73 Å². The average molecular weight is 304 g/mol. The van der Waals surface area contributed by atoms with Crippen molar-refractivity contribution in [3.05, 3.63) is 40.8 Å². The summed E-state index contributed by atoms with van der Waals surface area (Å²) >= 11 is 1.31. The lowest BCUT2D eigenvalue weighted by molar-refractivity contribution is 0.0758. The van der Waals surface area contributed by atoms with Crippen molar-refractivity contribution in [3.8, 4) is 0 Å². The van der Waals surface area contributed by atoms with Crippen molar-refractivity contribution < 1.29 is 4.79 Å². The number of hydrogen-bond acceptors (Lipinski definition) is 5. The normalized spacial score (nSPS) is 10.4. The van der Waals surface area contributed by atoms with Crippen LogP contribution in [-0.2, 0) is 6.54 Å². The van der Waals surface area contributed by atoms with Gasteiger partial charge >= 0.3 is 0 Å². The average Bonchev–Trinajstić information content (AvgIpc) is 2.86. The molecule has 0 unspecified atom stereocenters. The lowest BCUT2D eigenvalue weighted by atomic mass is 10.2. The lowest BCUT2D eigenvalue weighted by Gasteiger charge is -2.20. The summed E-state index contributed by atoms with van der Waals surface area (Å²) in [5.74, 6) is 0.230. The third-order valence-electron chi connectivity index (χ3n) is 3.06. The number of rotatable bonds is 6. The van der Waals surface area contributed by atoms with E-state index < -0.39 is 0 Å². The maximum atomic E-state index is 12.6. The SMILES string of the molecule is CCNc1nc(N)c(C(=O)N(CC)Cc2ccccc2)s1. The van der Waals surface area contributed by atoms with Crippen LogP contribution in [0, 0.1) is 0 Å². The molecule has 0 bridgehead atoms. The zero-order valence-electron chi connectivity index (χ0n) is 12.3. The quantitative estimate of drug-likeness (QED) is 0.861. The van der Waals surface area contributed by atoms with Crippen molar-refractivity contribution >= 4 is 28.2 Å². The third-order valence-corrected chi connectivity index (χ3v) is 4.08. The van der Waals surface area contributed by atoms with Gasteiger partial charge < -0.3 is 16.0 Å². The van der Waals surface area contributed by atoms with Crippen LogP contribution in [0.3, 0.4) is 0 Å². The van der Waals surface area contributed by atoms with Crippen LogP contribution in [-0.4, -0.2) is 28.9 Å². The highest BCUT2D eigenvalue weighted by atomic mass is 32.1. The van der Waals surface area contributed by atoms with Crippen LogP contribution in [0.4, 0.5) is 10.9 Å². The standard InChI is InChI=1S/C15H20N4OS/c1-3-17-15-18-13(16)12(21-15)14(20)19(4-2)10-11-8-6-5-7-9-11/h5-9H,3-4,10,16H2,1-2H3,(H,17,18). The predicted molar refractivity (Wildman–Crippen MR) is 87.5 cm³/mol. The first-order valence-corrected chi connectivity index (χ1v) is 7.80. The number of amides is 1. The van der Waals surface area contributed by atoms with Gasteiger partial charge in [-0.25, -0.2) is 4.98 Å². The van der Waals surface area contributed by atoms with Crippen LogP contribution < -0.4 is 11.1 Å². The molecule has 0 saturated heterocycles. The molecule has 0 atom stereocenters. The number of aromatic nitrogens is 1. The molecule has 1 heterocycles. The van der Waals surface area contributed by atoms with Crippen molar-refractivity contribution in [2.45, 2.75) is 20.4 Å². The molecular formula is C15H20N4OS. The Labute approximate surface area is 128 Å². The number of carbonyl (C=O) groups excluding carboxylic acids is 1. The van der Waals surface area contributed by atoms with Gasteiger partial charge in [0.15, 0.2) is 5.13 Å². The minimum atomic E-state index is -0.0690. The van der Waals surface area contributed by atoms with Crippen LogP contribution in [0.15, 0.2) is 30.3 Å². The molecule has 1 aromatic carbocycles. The van der Waals surface area contributed by atoms with Gasteiger partial charge in [-0.15, -0.1) is 0 Å². The first-order valence-electron chi connectivity index (χ1n) is 6.99. The zero-order chi connectivity index (χ0) is 15.2. The van der Waals surface area contributed by atoms with E-state index in [0.717, 1.165) is 12.1 Å². The molecule has 0 aliphatic heterocycles. The molecule has 1 amide bonds. The Morgan fingerprint density at radius 1 is 1.33 bits per heavy atom. The fourth-order valence-electron chi connectivity index (χ4n) is 1.99. The topological polar surface area (TPSA) is 71.2 Å². The van der Waals surface area contributed by atoms with E-state index >= 15 is 0 Å². The molecule has 0 saturated carbocycles. The van der Waals surface area contributed by atoms with Crippen LogP contribution in [0.5, 0.6) is 0 Å². The van der Waals surface area contributed by atoms with Gasteiger partial charge in [-0.2, -0.15) is 0 Å². The van der Waals surface area contributed by atoms with Gasteiger partial charge in [-0.05, 0) is 19.4 Å². The van der Waals surface area contributed by atoms with Gasteiger partial charge in [0, 0.05) is 19.6 Å². The van der Waals surface area contributed by atoms with E-state index in [2.05, 4.69) is 10.3 Å². The van der Waals surface area contributed by atoms with E-state index in [1.54, 1.807) is 4.90 Å². The molecular weight excluding hydrogens is 284 g/mol. The smallest absolute Gasteiger partial charge is 0.268 e. The summed E-state index contributed by atoms with van der Waals surface area (Å²) in [5.41, 5.74) is 6.97. The summed E-state index contributed by atoms with van der Waals surface area (Å²) in [5, 5.41) is 3.78. The van der Waals surface area contributed by atoms with Crippen molar-refractivity contribution in [1.29, 1.82) is 0 Å². The van der Waals surface area contributed by atoms with Gasteiger partial charge in [0.25, 0.3) is 5.91 Å². The van der Waals surface area contributed by atoms with Gasteiger partial charge in [-0.3, -0.25) is 4.79 Å². The summed E-state index contributed by atoms with van der Waals surface area (Å²) in [6, 6.07) is 9.92. The number of hydrogen-bond donors (Lipinski definition) is 2. The summed E-state index contributed by atoms with van der Waals surface area (Å²) in [4.78, 5) is 19.1. The number of anilines is 2. The Hall–Kier alpha value is -2.08. The van der Waals surface area contributed by atoms with E-state index in [0.29, 0.717) is 28.9 Å². The molecule has 0 radical (unpaired) electrons. The van der Waals surface area contributed by atoms with Gasteiger partial charge in [0.2, 0.25) is 0 Å². The Kier molecular flexibility index (Phi) is 5.16. The minimum absolute atomic E-state index is 0.0690. The Morgan fingerprint density at radius 3 is 2.67 bits per heavy atom. The summed E-state index contributed by atoms with van der Waals surface area (Å²) < 4.78 is 0. The molecule has 0 aliphatic carbocycles. The summed E-state index contributed by atoms with van der Waals surface area (Å²) in [7, 11) is 0. The summed E-state index contributed by atoms with van der Waals surface area (Å²) in [6.07, 6.45) is 0. The highest BCUT2D eigenvalue weighted by Crippen LogP contribution is 2.26. The fourth-order valence-corrected chi connectivity index (χ4v) is 2.91. The van der Waals surface area contributed by atoms with Crippen molar-refractivity contribution in [3.63, 3.8) is 0 Å². The second-order valence-electron chi connectivity index (χ2n) is 4.57. The fraction of sp³-hybridized carbons (Fsp3) is 0.333. The molecule has 0 spiro atoms. The predicted octanol–water partition coefficient (Wildman–Crippen LogP) is 2.82. The van der Waals surface area contributed by atoms with Gasteiger partial charge in [-0.1, -0.05) is 41.7 Å². The second-order valence-corrected chi connectivity index (χ2v) is 5.57. The molecule has 5 nitrogen and oxygen atoms in total. The molecule has 0 aliphatic rings. The van der Waals surface area contributed by atoms with Crippen LogP contribution >= 0.6 is 11.3 Å². The highest BCUT2D eigenvalue weighted by molar-refractivity contribution is 7.18. The van der Waals surface area contributed by atoms with Crippen molar-refractivity contribution in [2.75, 3.05) is 24.1 Å². The first kappa shape index (κ1) is 15.3. The molecule has 6 heteroatoms. The zero-order valence-corrected chi connectivity index (χ0v) is 13.1. The molecule has 2 rings (SSSR count). The number of nitrogens with zero attached hydrogens (tertiary/aromatic N) is 2. The van der Waals surface area contributed by atoms with E-state index in [-0.39, 0.29) is 5.91 Å². The third kappa shape index (κ3) is 3.72. The number of nitrogens with one attached hydrogen (secondary N) is 1. The Morgan fingerprint density at radius 2 is 2.05 bits per heavy atom. The monoisotopic (exact) mass is 304 g/mol. The summed E-state index contributed by atoms with van der Waals surface area (Å²) in [6.45, 7) is 5.89. The number of nitrogens with two attached hydrogens (primary N) is 1. The van der Waals surface area contributed by atoms with E-state index in [9.17, 15) is 4.79 Å². The molecule has 112 valence electrons. The highest BCUT2D eigenvalue weighted by Gasteiger charge is 2.21. The van der Waals surface area contributed by atoms with Crippen molar-refractivity contribution in [2.24, 2.45) is 0 Å². The van der Waals surface area contributed by atoms with Crippen LogP contribution in [0.1, 0.15) is 29.1 Å². The number of carbonyl (C=O) groups is 1. The molecule has 3 N–H and O–H groups in total. The largest absolute Gasteiger partial charge is 0.382 e. The number of benzene rings is 1. The number of thiazole rings is 1. The van der Waals surface area contributed by atoms with Gasteiger partial charge in [0.05, 0.1) is 0 Å². The Bertz CT molecular complexity index is 597. The van der Waals surface area contributed by atoms with E-state index in [1.165, 1.54) is 11.3 Å².